The van der Waals surface area contributed by atoms with Crippen molar-refractivity contribution in [2.75, 3.05) is 5.32 Å². The van der Waals surface area contributed by atoms with E-state index in [1.807, 2.05) is 51.1 Å². The van der Waals surface area contributed by atoms with Crippen LogP contribution in [-0.2, 0) is 0 Å². The van der Waals surface area contributed by atoms with Gasteiger partial charge in [0.2, 0.25) is 0 Å². The maximum absolute atomic E-state index is 12.0. The molecule has 1 aromatic heterocycles. The van der Waals surface area contributed by atoms with Crippen LogP contribution < -0.4 is 10.6 Å². The summed E-state index contributed by atoms with van der Waals surface area (Å²) in [5.74, 6) is 0. The average molecular weight is 269 g/mol. The van der Waals surface area contributed by atoms with Crippen molar-refractivity contribution in [2.24, 2.45) is 0 Å². The third-order valence-electron chi connectivity index (χ3n) is 3.41. The van der Waals surface area contributed by atoms with E-state index in [2.05, 4.69) is 15.6 Å². The molecule has 0 aliphatic rings. The highest BCUT2D eigenvalue weighted by Crippen LogP contribution is 2.18. The zero-order valence-corrected chi connectivity index (χ0v) is 12.0. The summed E-state index contributed by atoms with van der Waals surface area (Å²) < 4.78 is 0. The Kier molecular flexibility index (Phi) is 4.35. The van der Waals surface area contributed by atoms with Crippen molar-refractivity contribution in [3.05, 3.63) is 59.4 Å². The highest BCUT2D eigenvalue weighted by molar-refractivity contribution is 5.90. The van der Waals surface area contributed by atoms with E-state index in [1.54, 1.807) is 12.4 Å². The number of nitrogens with zero attached hydrogens (tertiary/aromatic N) is 1. The molecule has 0 saturated heterocycles. The number of amides is 2. The number of benzene rings is 1. The molecule has 2 N–H and O–H groups in total. The summed E-state index contributed by atoms with van der Waals surface area (Å²) in [6, 6.07) is 9.37. The van der Waals surface area contributed by atoms with Crippen molar-refractivity contribution >= 4 is 11.7 Å². The first kappa shape index (κ1) is 14.1. The van der Waals surface area contributed by atoms with Gasteiger partial charge in [0.15, 0.2) is 0 Å². The number of hydrogen-bond acceptors (Lipinski definition) is 2. The van der Waals surface area contributed by atoms with Gasteiger partial charge in [-0.15, -0.1) is 0 Å². The Bertz CT molecular complexity index is 596. The van der Waals surface area contributed by atoms with Crippen LogP contribution in [0.1, 0.15) is 29.7 Å². The number of aromatic nitrogens is 1. The van der Waals surface area contributed by atoms with Crippen molar-refractivity contribution in [2.45, 2.75) is 26.8 Å². The Labute approximate surface area is 119 Å². The number of hydrogen-bond donors (Lipinski definition) is 2. The first-order chi connectivity index (χ1) is 9.58. The van der Waals surface area contributed by atoms with Gasteiger partial charge in [0.1, 0.15) is 0 Å². The molecule has 1 atom stereocenters. The lowest BCUT2D eigenvalue weighted by Crippen LogP contribution is -2.31. The molecule has 20 heavy (non-hydrogen) atoms. The van der Waals surface area contributed by atoms with E-state index < -0.39 is 0 Å². The molecule has 104 valence electrons. The van der Waals surface area contributed by atoms with Gasteiger partial charge in [0.05, 0.1) is 6.04 Å². The van der Waals surface area contributed by atoms with Gasteiger partial charge in [-0.2, -0.15) is 0 Å². The summed E-state index contributed by atoms with van der Waals surface area (Å²) >= 11 is 0. The standard InChI is InChI=1S/C16H19N3O/c1-11-5-4-6-15(12(11)2)19-16(20)18-13(3)14-7-9-17-10-8-14/h4-10,13H,1-3H3,(H2,18,19,20)/t13-/m1/s1. The Balaban J connectivity index is 2.01. The fraction of sp³-hybridized carbons (Fsp3) is 0.250. The number of rotatable bonds is 3. The average Bonchev–Trinajstić information content (AvgIpc) is 2.45. The number of pyridine rings is 1. The normalized spacial score (nSPS) is 11.8. The van der Waals surface area contributed by atoms with Crippen LogP contribution in [0.2, 0.25) is 0 Å². The van der Waals surface area contributed by atoms with Gasteiger partial charge in [-0.25, -0.2) is 4.79 Å². The number of anilines is 1. The lowest BCUT2D eigenvalue weighted by molar-refractivity contribution is 0.249. The molecule has 2 aromatic rings. The lowest BCUT2D eigenvalue weighted by atomic mass is 10.1. The van der Waals surface area contributed by atoms with Crippen LogP contribution in [0.5, 0.6) is 0 Å². The van der Waals surface area contributed by atoms with Crippen molar-refractivity contribution in [3.8, 4) is 0 Å². The molecule has 2 rings (SSSR count). The van der Waals surface area contributed by atoms with Crippen molar-refractivity contribution in [1.29, 1.82) is 0 Å². The van der Waals surface area contributed by atoms with E-state index in [1.165, 1.54) is 0 Å². The molecule has 1 aromatic carbocycles. The number of nitrogens with one attached hydrogen (secondary N) is 2. The van der Waals surface area contributed by atoms with Crippen LogP contribution in [0.3, 0.4) is 0 Å². The fourth-order valence-electron chi connectivity index (χ4n) is 1.98. The van der Waals surface area contributed by atoms with Gasteiger partial charge >= 0.3 is 6.03 Å². The zero-order chi connectivity index (χ0) is 14.5. The molecular formula is C16H19N3O. The summed E-state index contributed by atoms with van der Waals surface area (Å²) in [4.78, 5) is 16.0. The summed E-state index contributed by atoms with van der Waals surface area (Å²) in [6.07, 6.45) is 3.44. The van der Waals surface area contributed by atoms with E-state index in [-0.39, 0.29) is 12.1 Å². The van der Waals surface area contributed by atoms with Crippen LogP contribution in [0.4, 0.5) is 10.5 Å². The lowest BCUT2D eigenvalue weighted by Gasteiger charge is -2.16. The second-order valence-corrected chi connectivity index (χ2v) is 4.85. The number of carbonyl (C=O) groups is 1. The largest absolute Gasteiger partial charge is 0.331 e. The Hall–Kier alpha value is -2.36. The molecular weight excluding hydrogens is 250 g/mol. The molecule has 0 radical (unpaired) electrons. The highest BCUT2D eigenvalue weighted by atomic mass is 16.2. The van der Waals surface area contributed by atoms with Gasteiger partial charge < -0.3 is 10.6 Å². The minimum Gasteiger partial charge on any atom is -0.331 e. The van der Waals surface area contributed by atoms with E-state index in [0.29, 0.717) is 0 Å². The van der Waals surface area contributed by atoms with Gasteiger partial charge in [-0.05, 0) is 55.7 Å². The summed E-state index contributed by atoms with van der Waals surface area (Å²) in [6.45, 7) is 5.97. The summed E-state index contributed by atoms with van der Waals surface area (Å²) in [5.41, 5.74) is 4.10. The predicted octanol–water partition coefficient (Wildman–Crippen LogP) is 3.58. The van der Waals surface area contributed by atoms with Crippen LogP contribution in [0, 0.1) is 13.8 Å². The minimum atomic E-state index is -0.206. The first-order valence-corrected chi connectivity index (χ1v) is 6.61. The van der Waals surface area contributed by atoms with Gasteiger partial charge in [0.25, 0.3) is 0 Å². The Morgan fingerprint density at radius 1 is 1.15 bits per heavy atom. The minimum absolute atomic E-state index is 0.0666. The van der Waals surface area contributed by atoms with Gasteiger partial charge in [0, 0.05) is 18.1 Å². The van der Waals surface area contributed by atoms with Gasteiger partial charge in [-0.1, -0.05) is 12.1 Å². The van der Waals surface area contributed by atoms with Crippen molar-refractivity contribution in [3.63, 3.8) is 0 Å². The van der Waals surface area contributed by atoms with Crippen LogP contribution in [-0.4, -0.2) is 11.0 Å². The van der Waals surface area contributed by atoms with Gasteiger partial charge in [-0.3, -0.25) is 4.98 Å². The third kappa shape index (κ3) is 3.35. The molecule has 1 heterocycles. The van der Waals surface area contributed by atoms with Crippen LogP contribution >= 0.6 is 0 Å². The molecule has 0 aliphatic carbocycles. The topological polar surface area (TPSA) is 54.0 Å². The summed E-state index contributed by atoms with van der Waals surface area (Å²) in [5, 5.41) is 5.80. The molecule has 0 spiro atoms. The van der Waals surface area contributed by atoms with E-state index in [9.17, 15) is 4.79 Å². The Morgan fingerprint density at radius 2 is 1.85 bits per heavy atom. The van der Waals surface area contributed by atoms with Crippen LogP contribution in [0.25, 0.3) is 0 Å². The molecule has 2 amide bonds. The molecule has 4 heteroatoms. The summed E-state index contributed by atoms with van der Waals surface area (Å²) in [7, 11) is 0. The molecule has 0 bridgehead atoms. The molecule has 4 nitrogen and oxygen atoms in total. The SMILES string of the molecule is Cc1cccc(NC(=O)N[C@H](C)c2ccncc2)c1C. The second kappa shape index (κ2) is 6.19. The maximum atomic E-state index is 12.0. The fourth-order valence-corrected chi connectivity index (χ4v) is 1.98. The van der Waals surface area contributed by atoms with Crippen molar-refractivity contribution in [1.82, 2.24) is 10.3 Å². The number of carbonyl (C=O) groups excluding carboxylic acids is 1. The number of aryl methyl sites for hydroxylation is 1. The quantitative estimate of drug-likeness (QED) is 0.894. The molecule has 0 fully saturated rings. The number of urea groups is 1. The molecule has 0 unspecified atom stereocenters. The Morgan fingerprint density at radius 3 is 2.55 bits per heavy atom. The second-order valence-electron chi connectivity index (χ2n) is 4.85. The monoisotopic (exact) mass is 269 g/mol. The molecule has 0 aliphatic heterocycles. The van der Waals surface area contributed by atoms with Crippen molar-refractivity contribution < 1.29 is 4.79 Å². The third-order valence-corrected chi connectivity index (χ3v) is 3.41. The van der Waals surface area contributed by atoms with E-state index >= 15 is 0 Å². The zero-order valence-electron chi connectivity index (χ0n) is 12.0. The predicted molar refractivity (Wildman–Crippen MR) is 80.7 cm³/mol. The smallest absolute Gasteiger partial charge is 0.319 e. The molecule has 0 saturated carbocycles. The van der Waals surface area contributed by atoms with Crippen LogP contribution in [0.15, 0.2) is 42.7 Å². The van der Waals surface area contributed by atoms with E-state index in [4.69, 9.17) is 0 Å². The first-order valence-electron chi connectivity index (χ1n) is 6.61. The van der Waals surface area contributed by atoms with E-state index in [0.717, 1.165) is 22.4 Å². The highest BCUT2D eigenvalue weighted by Gasteiger charge is 2.10. The maximum Gasteiger partial charge on any atom is 0.319 e.